The second-order valence-electron chi connectivity index (χ2n) is 6.03. The van der Waals surface area contributed by atoms with E-state index in [1.165, 1.54) is 11.0 Å². The fourth-order valence-corrected chi connectivity index (χ4v) is 3.11. The Morgan fingerprint density at radius 1 is 1.38 bits per heavy atom. The average Bonchev–Trinajstić information content (AvgIpc) is 2.49. The van der Waals surface area contributed by atoms with E-state index >= 15 is 0 Å². The number of carbonyl (C=O) groups is 1. The SMILES string of the molecule is Cc1cccc(F)c1N1Cc2cnc(N)nc2N(C2CNC2)C1=O. The van der Waals surface area contributed by atoms with Gasteiger partial charge >= 0.3 is 6.03 Å². The van der Waals surface area contributed by atoms with Crippen LogP contribution in [0.4, 0.5) is 26.6 Å². The molecule has 3 N–H and O–H groups in total. The molecule has 2 aliphatic rings. The summed E-state index contributed by atoms with van der Waals surface area (Å²) in [6.45, 7) is 3.33. The second-order valence-corrected chi connectivity index (χ2v) is 6.03. The molecule has 3 heterocycles. The molecule has 0 atom stereocenters. The molecule has 1 saturated heterocycles. The summed E-state index contributed by atoms with van der Waals surface area (Å²) in [5, 5.41) is 3.14. The van der Waals surface area contributed by atoms with Crippen molar-refractivity contribution in [3.8, 4) is 0 Å². The molecule has 0 saturated carbocycles. The smallest absolute Gasteiger partial charge is 0.330 e. The number of hydrogen-bond acceptors (Lipinski definition) is 5. The van der Waals surface area contributed by atoms with Gasteiger partial charge in [-0.3, -0.25) is 9.80 Å². The van der Waals surface area contributed by atoms with Crippen LogP contribution in [-0.2, 0) is 6.54 Å². The molecule has 7 nitrogen and oxygen atoms in total. The average molecular weight is 328 g/mol. The number of rotatable bonds is 2. The molecule has 1 fully saturated rings. The minimum atomic E-state index is -0.421. The van der Waals surface area contributed by atoms with Crippen LogP contribution in [0.15, 0.2) is 24.4 Å². The van der Waals surface area contributed by atoms with Gasteiger partial charge in [-0.2, -0.15) is 4.98 Å². The summed E-state index contributed by atoms with van der Waals surface area (Å²) in [4.78, 5) is 24.4. The fourth-order valence-electron chi connectivity index (χ4n) is 3.11. The van der Waals surface area contributed by atoms with Crippen LogP contribution < -0.4 is 20.9 Å². The first-order valence-electron chi connectivity index (χ1n) is 7.74. The van der Waals surface area contributed by atoms with Crippen LogP contribution in [0.3, 0.4) is 0 Å². The van der Waals surface area contributed by atoms with Crippen LogP contribution in [0.1, 0.15) is 11.1 Å². The number of fused-ring (bicyclic) bond motifs is 1. The Morgan fingerprint density at radius 3 is 2.83 bits per heavy atom. The zero-order valence-electron chi connectivity index (χ0n) is 13.2. The molecule has 0 aliphatic carbocycles. The molecule has 0 unspecified atom stereocenters. The maximum atomic E-state index is 14.4. The van der Waals surface area contributed by atoms with E-state index < -0.39 is 5.82 Å². The summed E-state index contributed by atoms with van der Waals surface area (Å²) in [6.07, 6.45) is 1.60. The van der Waals surface area contributed by atoms with Gasteiger partial charge in [-0.25, -0.2) is 14.2 Å². The maximum Gasteiger partial charge on any atom is 0.330 e. The van der Waals surface area contributed by atoms with Crippen molar-refractivity contribution in [2.24, 2.45) is 0 Å². The molecular formula is C16H17FN6O. The van der Waals surface area contributed by atoms with Gasteiger partial charge in [0.2, 0.25) is 5.95 Å². The van der Waals surface area contributed by atoms with Crippen LogP contribution in [0.5, 0.6) is 0 Å². The Hall–Kier alpha value is -2.74. The lowest BCUT2D eigenvalue weighted by atomic mass is 10.1. The van der Waals surface area contributed by atoms with Crippen LogP contribution in [0.2, 0.25) is 0 Å². The van der Waals surface area contributed by atoms with Crippen molar-refractivity contribution in [2.45, 2.75) is 19.5 Å². The predicted molar refractivity (Wildman–Crippen MR) is 88.3 cm³/mol. The third kappa shape index (κ3) is 2.18. The van der Waals surface area contributed by atoms with E-state index in [1.807, 2.05) is 0 Å². The monoisotopic (exact) mass is 328 g/mol. The minimum absolute atomic E-state index is 0.0274. The van der Waals surface area contributed by atoms with Gasteiger partial charge in [0.15, 0.2) is 0 Å². The first-order valence-corrected chi connectivity index (χ1v) is 7.74. The fraction of sp³-hybridized carbons (Fsp3) is 0.312. The molecule has 124 valence electrons. The van der Waals surface area contributed by atoms with E-state index in [0.29, 0.717) is 30.2 Å². The number of nitrogens with one attached hydrogen (secondary N) is 1. The predicted octanol–water partition coefficient (Wildman–Crippen LogP) is 1.42. The molecule has 8 heteroatoms. The lowest BCUT2D eigenvalue weighted by molar-refractivity contribution is 0.243. The Kier molecular flexibility index (Phi) is 3.34. The number of aryl methyl sites for hydroxylation is 1. The zero-order valence-corrected chi connectivity index (χ0v) is 13.2. The molecule has 1 aromatic heterocycles. The van der Waals surface area contributed by atoms with E-state index in [0.717, 1.165) is 5.56 Å². The van der Waals surface area contributed by atoms with Crippen LogP contribution in [-0.4, -0.2) is 35.1 Å². The van der Waals surface area contributed by atoms with Gasteiger partial charge in [-0.05, 0) is 18.6 Å². The molecule has 2 aliphatic heterocycles. The number of anilines is 3. The lowest BCUT2D eigenvalue weighted by Crippen LogP contribution is -2.63. The van der Waals surface area contributed by atoms with Crippen molar-refractivity contribution in [1.29, 1.82) is 0 Å². The highest BCUT2D eigenvalue weighted by atomic mass is 19.1. The number of halogens is 1. The highest BCUT2D eigenvalue weighted by Gasteiger charge is 2.40. The quantitative estimate of drug-likeness (QED) is 0.871. The molecule has 0 radical (unpaired) electrons. The van der Waals surface area contributed by atoms with E-state index in [2.05, 4.69) is 15.3 Å². The number of aromatic nitrogens is 2. The molecule has 24 heavy (non-hydrogen) atoms. The van der Waals surface area contributed by atoms with Gasteiger partial charge in [0.25, 0.3) is 0 Å². The summed E-state index contributed by atoms with van der Waals surface area (Å²) in [5.41, 5.74) is 7.44. The van der Waals surface area contributed by atoms with Gasteiger partial charge in [0.1, 0.15) is 11.6 Å². The maximum absolute atomic E-state index is 14.4. The van der Waals surface area contributed by atoms with Crippen molar-refractivity contribution in [1.82, 2.24) is 15.3 Å². The number of carbonyl (C=O) groups excluding carboxylic acids is 1. The molecule has 4 rings (SSSR count). The Labute approximate surface area is 138 Å². The van der Waals surface area contributed by atoms with Crippen LogP contribution >= 0.6 is 0 Å². The number of para-hydroxylation sites is 1. The van der Waals surface area contributed by atoms with Crippen LogP contribution in [0.25, 0.3) is 0 Å². The first-order chi connectivity index (χ1) is 11.6. The van der Waals surface area contributed by atoms with Gasteiger partial charge in [0.05, 0.1) is 18.3 Å². The molecule has 0 bridgehead atoms. The lowest BCUT2D eigenvalue weighted by Gasteiger charge is -2.43. The number of nitrogens with two attached hydrogens (primary N) is 1. The molecule has 2 aromatic rings. The number of nitrogen functional groups attached to an aromatic ring is 1. The standard InChI is InChI=1S/C16H17FN6O/c1-9-3-2-4-12(17)13(9)22-8-10-5-20-15(18)21-14(10)23(16(22)24)11-6-19-7-11/h2-5,11,19H,6-8H2,1H3,(H2,18,20,21). The summed E-state index contributed by atoms with van der Waals surface area (Å²) in [5.74, 6) is 0.216. The summed E-state index contributed by atoms with van der Waals surface area (Å²) in [7, 11) is 0. The van der Waals surface area contributed by atoms with Gasteiger partial charge in [0, 0.05) is 24.8 Å². The Bertz CT molecular complexity index is 802. The third-order valence-corrected chi connectivity index (χ3v) is 4.44. The Morgan fingerprint density at radius 2 is 2.17 bits per heavy atom. The number of amides is 2. The van der Waals surface area contributed by atoms with Gasteiger partial charge in [-0.1, -0.05) is 12.1 Å². The number of nitrogens with zero attached hydrogens (tertiary/aromatic N) is 4. The normalized spacial score (nSPS) is 17.7. The zero-order chi connectivity index (χ0) is 16.8. The number of hydrogen-bond donors (Lipinski definition) is 2. The van der Waals surface area contributed by atoms with E-state index in [4.69, 9.17) is 5.73 Å². The molecular weight excluding hydrogens is 311 g/mol. The van der Waals surface area contributed by atoms with Crippen molar-refractivity contribution in [3.05, 3.63) is 41.3 Å². The topological polar surface area (TPSA) is 87.4 Å². The number of benzene rings is 1. The van der Waals surface area contributed by atoms with E-state index in [9.17, 15) is 9.18 Å². The van der Waals surface area contributed by atoms with Crippen molar-refractivity contribution < 1.29 is 9.18 Å². The first kappa shape index (κ1) is 14.8. The highest BCUT2D eigenvalue weighted by molar-refractivity contribution is 6.06. The van der Waals surface area contributed by atoms with Crippen molar-refractivity contribution in [3.63, 3.8) is 0 Å². The van der Waals surface area contributed by atoms with Crippen molar-refractivity contribution >= 4 is 23.5 Å². The van der Waals surface area contributed by atoms with Gasteiger partial charge in [-0.15, -0.1) is 0 Å². The largest absolute Gasteiger partial charge is 0.368 e. The number of urea groups is 1. The Balaban J connectivity index is 1.84. The van der Waals surface area contributed by atoms with E-state index in [1.54, 1.807) is 30.2 Å². The van der Waals surface area contributed by atoms with Crippen molar-refractivity contribution in [2.75, 3.05) is 28.6 Å². The van der Waals surface area contributed by atoms with E-state index in [-0.39, 0.29) is 24.6 Å². The summed E-state index contributed by atoms with van der Waals surface area (Å²) >= 11 is 0. The summed E-state index contributed by atoms with van der Waals surface area (Å²) in [6, 6.07) is 4.46. The van der Waals surface area contributed by atoms with Crippen LogP contribution in [0, 0.1) is 12.7 Å². The second kappa shape index (κ2) is 5.41. The molecule has 1 aromatic carbocycles. The third-order valence-electron chi connectivity index (χ3n) is 4.44. The highest BCUT2D eigenvalue weighted by Crippen LogP contribution is 2.35. The van der Waals surface area contributed by atoms with Gasteiger partial charge < -0.3 is 11.1 Å². The minimum Gasteiger partial charge on any atom is -0.368 e. The molecule has 0 spiro atoms. The summed E-state index contributed by atoms with van der Waals surface area (Å²) < 4.78 is 14.4. The molecule has 2 amide bonds.